The first-order valence-electron chi connectivity index (χ1n) is 8.08. The number of rotatable bonds is 5. The lowest BCUT2D eigenvalue weighted by molar-refractivity contribution is -0.155. The molecule has 1 aliphatic rings. The van der Waals surface area contributed by atoms with Crippen LogP contribution in [0.15, 0.2) is 11.6 Å². The van der Waals surface area contributed by atoms with Crippen LogP contribution >= 0.6 is 0 Å². The molecule has 0 radical (unpaired) electrons. The maximum Gasteiger partial charge on any atom is 0.192 e. The molecule has 0 unspecified atom stereocenters. The first-order valence-corrected chi connectivity index (χ1v) is 11.0. The Morgan fingerprint density at radius 1 is 1.27 bits per heavy atom. The van der Waals surface area contributed by atoms with Gasteiger partial charge in [0.05, 0.1) is 6.61 Å². The quantitative estimate of drug-likeness (QED) is 0.614. The zero-order chi connectivity index (χ0) is 17.3. The summed E-state index contributed by atoms with van der Waals surface area (Å²) in [7, 11) is -1.88. The number of aliphatic hydroxyl groups excluding tert-OH is 1. The SMILES string of the molecule is CC(C)=C[C@@H]1OC(C)(C)O[C@@H]1[C@@H](O)CO[Si](C)(C)C(C)(C)C. The Morgan fingerprint density at radius 3 is 2.27 bits per heavy atom. The van der Waals surface area contributed by atoms with Crippen molar-refractivity contribution in [1.82, 2.24) is 0 Å². The van der Waals surface area contributed by atoms with Crippen molar-refractivity contribution in [3.63, 3.8) is 0 Å². The van der Waals surface area contributed by atoms with E-state index in [9.17, 15) is 5.11 Å². The second kappa shape index (κ2) is 6.73. The molecule has 1 heterocycles. The van der Waals surface area contributed by atoms with Crippen LogP contribution in [0.25, 0.3) is 0 Å². The summed E-state index contributed by atoms with van der Waals surface area (Å²) in [5.41, 5.74) is 1.15. The number of hydrogen-bond donors (Lipinski definition) is 1. The van der Waals surface area contributed by atoms with Gasteiger partial charge in [0.2, 0.25) is 0 Å². The Hall–Kier alpha value is -0.203. The van der Waals surface area contributed by atoms with E-state index in [-0.39, 0.29) is 17.7 Å². The van der Waals surface area contributed by atoms with Crippen molar-refractivity contribution in [2.75, 3.05) is 6.61 Å². The molecular weight excluding hydrogens is 296 g/mol. The summed E-state index contributed by atoms with van der Waals surface area (Å²) >= 11 is 0. The molecule has 0 spiro atoms. The highest BCUT2D eigenvalue weighted by Crippen LogP contribution is 2.37. The normalized spacial score (nSPS) is 26.8. The predicted octanol–water partition coefficient (Wildman–Crippen LogP) is 3.86. The van der Waals surface area contributed by atoms with E-state index >= 15 is 0 Å². The lowest BCUT2D eigenvalue weighted by Gasteiger charge is -2.37. The average molecular weight is 331 g/mol. The van der Waals surface area contributed by atoms with Crippen LogP contribution in [0.3, 0.4) is 0 Å². The Labute approximate surface area is 137 Å². The highest BCUT2D eigenvalue weighted by Gasteiger charge is 2.45. The van der Waals surface area contributed by atoms with E-state index < -0.39 is 26.3 Å². The molecule has 0 aromatic heterocycles. The maximum atomic E-state index is 10.6. The molecule has 4 nitrogen and oxygen atoms in total. The van der Waals surface area contributed by atoms with E-state index in [2.05, 4.69) is 33.9 Å². The van der Waals surface area contributed by atoms with Crippen molar-refractivity contribution >= 4 is 8.32 Å². The molecule has 0 aliphatic carbocycles. The predicted molar refractivity (Wildman–Crippen MR) is 92.4 cm³/mol. The molecule has 22 heavy (non-hydrogen) atoms. The van der Waals surface area contributed by atoms with Gasteiger partial charge in [0.15, 0.2) is 14.1 Å². The lowest BCUT2D eigenvalue weighted by Crippen LogP contribution is -2.46. The number of ether oxygens (including phenoxy) is 2. The standard InChI is InChI=1S/C17H34O4Si/c1-12(2)10-14-15(21-17(6,7)20-14)13(18)11-19-22(8,9)16(3,4)5/h10,13-15,18H,11H2,1-9H3/t13-,14-,15+/m0/s1. The van der Waals surface area contributed by atoms with Crippen LogP contribution in [0.5, 0.6) is 0 Å². The fourth-order valence-corrected chi connectivity index (χ4v) is 3.20. The molecule has 5 heteroatoms. The number of hydrogen-bond acceptors (Lipinski definition) is 4. The third-order valence-corrected chi connectivity index (χ3v) is 8.96. The van der Waals surface area contributed by atoms with Gasteiger partial charge in [-0.1, -0.05) is 32.4 Å². The Kier molecular flexibility index (Phi) is 6.07. The Balaban J connectivity index is 2.75. The summed E-state index contributed by atoms with van der Waals surface area (Å²) in [4.78, 5) is 0. The van der Waals surface area contributed by atoms with Crippen LogP contribution in [0.4, 0.5) is 0 Å². The average Bonchev–Trinajstić information content (AvgIpc) is 2.59. The summed E-state index contributed by atoms with van der Waals surface area (Å²) in [6.45, 7) is 19.0. The van der Waals surface area contributed by atoms with E-state index in [1.165, 1.54) is 0 Å². The first-order chi connectivity index (χ1) is 9.75. The summed E-state index contributed by atoms with van der Waals surface area (Å²) in [5, 5.41) is 10.7. The van der Waals surface area contributed by atoms with E-state index in [0.29, 0.717) is 0 Å². The van der Waals surface area contributed by atoms with Gasteiger partial charge >= 0.3 is 0 Å². The van der Waals surface area contributed by atoms with E-state index in [1.807, 2.05) is 33.8 Å². The van der Waals surface area contributed by atoms with Crippen molar-refractivity contribution < 1.29 is 19.0 Å². The van der Waals surface area contributed by atoms with Gasteiger partial charge in [-0.25, -0.2) is 0 Å². The van der Waals surface area contributed by atoms with Gasteiger partial charge in [-0.15, -0.1) is 0 Å². The summed E-state index contributed by atoms with van der Waals surface area (Å²) in [6.07, 6.45) is 0.679. The minimum absolute atomic E-state index is 0.123. The minimum atomic E-state index is -1.88. The molecule has 1 rings (SSSR count). The van der Waals surface area contributed by atoms with E-state index in [0.717, 1.165) is 5.57 Å². The molecular formula is C17H34O4Si. The molecule has 0 bridgehead atoms. The van der Waals surface area contributed by atoms with Crippen LogP contribution in [-0.2, 0) is 13.9 Å². The second-order valence-electron chi connectivity index (χ2n) is 8.45. The maximum absolute atomic E-state index is 10.6. The zero-order valence-electron chi connectivity index (χ0n) is 15.7. The molecule has 1 fully saturated rings. The summed E-state index contributed by atoms with van der Waals surface area (Å²) in [5.74, 6) is -0.681. The molecule has 130 valence electrons. The van der Waals surface area contributed by atoms with E-state index in [4.69, 9.17) is 13.9 Å². The van der Waals surface area contributed by atoms with Crippen LogP contribution in [0.2, 0.25) is 18.1 Å². The highest BCUT2D eigenvalue weighted by atomic mass is 28.4. The summed E-state index contributed by atoms with van der Waals surface area (Å²) in [6, 6.07) is 0. The van der Waals surface area contributed by atoms with Crippen LogP contribution < -0.4 is 0 Å². The Bertz CT molecular complexity index is 405. The highest BCUT2D eigenvalue weighted by molar-refractivity contribution is 6.74. The van der Waals surface area contributed by atoms with Gasteiger partial charge in [0.1, 0.15) is 18.3 Å². The number of aliphatic hydroxyl groups is 1. The molecule has 0 aromatic rings. The molecule has 1 aliphatic heterocycles. The largest absolute Gasteiger partial charge is 0.414 e. The van der Waals surface area contributed by atoms with Gasteiger partial charge in [-0.2, -0.15) is 0 Å². The Morgan fingerprint density at radius 2 is 1.82 bits per heavy atom. The van der Waals surface area contributed by atoms with Crippen molar-refractivity contribution in [3.8, 4) is 0 Å². The molecule has 1 saturated heterocycles. The fourth-order valence-electron chi connectivity index (χ4n) is 2.18. The molecule has 0 aromatic carbocycles. The van der Waals surface area contributed by atoms with Crippen molar-refractivity contribution in [1.29, 1.82) is 0 Å². The third kappa shape index (κ3) is 5.17. The number of allylic oxidation sites excluding steroid dienone is 1. The van der Waals surface area contributed by atoms with Crippen molar-refractivity contribution in [2.24, 2.45) is 0 Å². The van der Waals surface area contributed by atoms with Gasteiger partial charge in [-0.05, 0) is 45.8 Å². The smallest absolute Gasteiger partial charge is 0.192 e. The van der Waals surface area contributed by atoms with E-state index in [1.54, 1.807) is 0 Å². The molecule has 0 saturated carbocycles. The topological polar surface area (TPSA) is 47.9 Å². The molecule has 0 amide bonds. The fraction of sp³-hybridized carbons (Fsp3) is 0.882. The second-order valence-corrected chi connectivity index (χ2v) is 13.3. The van der Waals surface area contributed by atoms with Gasteiger partial charge in [0.25, 0.3) is 0 Å². The van der Waals surface area contributed by atoms with Crippen molar-refractivity contribution in [2.45, 2.75) is 90.7 Å². The third-order valence-electron chi connectivity index (χ3n) is 4.46. The van der Waals surface area contributed by atoms with Crippen LogP contribution in [0.1, 0.15) is 48.5 Å². The first kappa shape index (κ1) is 19.8. The lowest BCUT2D eigenvalue weighted by atomic mass is 10.1. The zero-order valence-corrected chi connectivity index (χ0v) is 16.7. The van der Waals surface area contributed by atoms with Gasteiger partial charge in [0, 0.05) is 0 Å². The molecule has 3 atom stereocenters. The minimum Gasteiger partial charge on any atom is -0.414 e. The van der Waals surface area contributed by atoms with Crippen LogP contribution in [0, 0.1) is 0 Å². The monoisotopic (exact) mass is 330 g/mol. The van der Waals surface area contributed by atoms with Crippen molar-refractivity contribution in [3.05, 3.63) is 11.6 Å². The van der Waals surface area contributed by atoms with Gasteiger partial charge < -0.3 is 19.0 Å². The van der Waals surface area contributed by atoms with Crippen LogP contribution in [-0.4, -0.2) is 44.1 Å². The summed E-state index contributed by atoms with van der Waals surface area (Å²) < 4.78 is 17.9. The van der Waals surface area contributed by atoms with Gasteiger partial charge in [-0.3, -0.25) is 0 Å². The molecule has 1 N–H and O–H groups in total.